The van der Waals surface area contributed by atoms with E-state index in [1.807, 2.05) is 19.9 Å². The van der Waals surface area contributed by atoms with E-state index >= 15 is 0 Å². The zero-order valence-corrected chi connectivity index (χ0v) is 11.9. The smallest absolute Gasteiger partial charge is 0.138 e. The summed E-state index contributed by atoms with van der Waals surface area (Å²) in [6, 6.07) is 8.34. The molecule has 0 radical (unpaired) electrons. The predicted octanol–water partition coefficient (Wildman–Crippen LogP) is 2.22. The molecule has 0 spiro atoms. The molecule has 2 aromatic rings. The molecule has 1 unspecified atom stereocenters. The third-order valence-corrected chi connectivity index (χ3v) is 4.41. The molecule has 3 rings (SSSR count). The number of rotatable bonds is 4. The van der Waals surface area contributed by atoms with Gasteiger partial charge in [0.1, 0.15) is 5.76 Å². The first kappa shape index (κ1) is 13.3. The molecule has 2 N–H and O–H groups in total. The highest BCUT2D eigenvalue weighted by Gasteiger charge is 2.37. The number of hydrogen-bond donors (Lipinski definition) is 2. The fourth-order valence-corrected chi connectivity index (χ4v) is 3.10. The second kappa shape index (κ2) is 5.04. The highest BCUT2D eigenvalue weighted by molar-refractivity contribution is 5.39. The van der Waals surface area contributed by atoms with Crippen molar-refractivity contribution in [2.75, 3.05) is 6.61 Å². The van der Waals surface area contributed by atoms with Gasteiger partial charge in [0, 0.05) is 12.1 Å². The van der Waals surface area contributed by atoms with E-state index in [1.54, 1.807) is 0 Å². The molecule has 0 aliphatic heterocycles. The van der Waals surface area contributed by atoms with Crippen LogP contribution in [0, 0.1) is 13.8 Å². The van der Waals surface area contributed by atoms with Crippen LogP contribution in [0.15, 0.2) is 28.8 Å². The number of benzene rings is 1. The molecule has 0 amide bonds. The van der Waals surface area contributed by atoms with Crippen molar-refractivity contribution in [3.8, 4) is 0 Å². The molecule has 0 fully saturated rings. The lowest BCUT2D eigenvalue weighted by molar-refractivity contribution is 0.158. The molecule has 4 nitrogen and oxygen atoms in total. The van der Waals surface area contributed by atoms with Crippen LogP contribution in [0.25, 0.3) is 0 Å². The quantitative estimate of drug-likeness (QED) is 0.896. The van der Waals surface area contributed by atoms with E-state index in [1.165, 1.54) is 11.1 Å². The molecule has 1 atom stereocenters. The molecule has 0 saturated heterocycles. The average Bonchev–Trinajstić information content (AvgIpc) is 2.99. The molecule has 106 valence electrons. The third kappa shape index (κ3) is 2.05. The van der Waals surface area contributed by atoms with Gasteiger partial charge in [-0.05, 0) is 37.8 Å². The normalized spacial score (nSPS) is 21.1. The van der Waals surface area contributed by atoms with Crippen molar-refractivity contribution in [1.29, 1.82) is 0 Å². The van der Waals surface area contributed by atoms with Crippen molar-refractivity contribution in [3.05, 3.63) is 52.4 Å². The summed E-state index contributed by atoms with van der Waals surface area (Å²) in [6.07, 6.45) is 1.93. The Morgan fingerprint density at radius 1 is 1.35 bits per heavy atom. The minimum atomic E-state index is -0.341. The Kier molecular flexibility index (Phi) is 3.36. The van der Waals surface area contributed by atoms with Gasteiger partial charge in [0.25, 0.3) is 0 Å². The minimum absolute atomic E-state index is 0.105. The number of nitrogens with one attached hydrogen (secondary N) is 1. The van der Waals surface area contributed by atoms with Crippen molar-refractivity contribution < 1.29 is 9.63 Å². The van der Waals surface area contributed by atoms with Crippen LogP contribution in [0.5, 0.6) is 0 Å². The Labute approximate surface area is 118 Å². The van der Waals surface area contributed by atoms with Crippen LogP contribution in [-0.4, -0.2) is 16.9 Å². The van der Waals surface area contributed by atoms with E-state index in [-0.39, 0.29) is 12.1 Å². The summed E-state index contributed by atoms with van der Waals surface area (Å²) < 4.78 is 5.19. The van der Waals surface area contributed by atoms with Crippen molar-refractivity contribution in [1.82, 2.24) is 10.5 Å². The summed E-state index contributed by atoms with van der Waals surface area (Å²) >= 11 is 0. The Hall–Kier alpha value is -1.65. The largest absolute Gasteiger partial charge is 0.394 e. The number of fused-ring (bicyclic) bond motifs is 1. The number of aromatic nitrogens is 1. The maximum atomic E-state index is 9.93. The summed E-state index contributed by atoms with van der Waals surface area (Å²) in [5.74, 6) is 0.842. The molecule has 0 bridgehead atoms. The van der Waals surface area contributed by atoms with Crippen LogP contribution < -0.4 is 5.32 Å². The van der Waals surface area contributed by atoms with Crippen LogP contribution in [0.2, 0.25) is 0 Å². The summed E-state index contributed by atoms with van der Waals surface area (Å²) in [5.41, 5.74) is 4.20. The molecule has 1 heterocycles. The first-order valence-corrected chi connectivity index (χ1v) is 7.02. The fraction of sp³-hybridized carbons (Fsp3) is 0.438. The Morgan fingerprint density at radius 3 is 2.85 bits per heavy atom. The maximum Gasteiger partial charge on any atom is 0.138 e. The maximum absolute atomic E-state index is 9.93. The predicted molar refractivity (Wildman–Crippen MR) is 76.3 cm³/mol. The molecule has 1 aliphatic carbocycles. The lowest BCUT2D eigenvalue weighted by atomic mass is 9.92. The van der Waals surface area contributed by atoms with Crippen LogP contribution in [0.3, 0.4) is 0 Å². The van der Waals surface area contributed by atoms with Gasteiger partial charge in [-0.2, -0.15) is 0 Å². The number of aryl methyl sites for hydroxylation is 3. The molecular weight excluding hydrogens is 252 g/mol. The molecular formula is C16H20N2O2. The lowest BCUT2D eigenvalue weighted by Crippen LogP contribution is -2.43. The van der Waals surface area contributed by atoms with Gasteiger partial charge in [0.05, 0.1) is 17.8 Å². The highest BCUT2D eigenvalue weighted by Crippen LogP contribution is 2.36. The number of aliphatic hydroxyl groups excluding tert-OH is 1. The highest BCUT2D eigenvalue weighted by atomic mass is 16.5. The van der Waals surface area contributed by atoms with E-state index in [0.29, 0.717) is 6.54 Å². The van der Waals surface area contributed by atoms with Crippen LogP contribution >= 0.6 is 0 Å². The van der Waals surface area contributed by atoms with E-state index in [0.717, 1.165) is 29.9 Å². The molecule has 0 saturated carbocycles. The van der Waals surface area contributed by atoms with Crippen molar-refractivity contribution in [3.63, 3.8) is 0 Å². The molecule has 1 aromatic carbocycles. The van der Waals surface area contributed by atoms with E-state index < -0.39 is 0 Å². The van der Waals surface area contributed by atoms with Crippen LogP contribution in [0.1, 0.15) is 34.6 Å². The van der Waals surface area contributed by atoms with Crippen LogP contribution in [0.4, 0.5) is 0 Å². The zero-order chi connectivity index (χ0) is 14.2. The van der Waals surface area contributed by atoms with Gasteiger partial charge in [-0.3, -0.25) is 0 Å². The summed E-state index contributed by atoms with van der Waals surface area (Å²) in [7, 11) is 0. The van der Waals surface area contributed by atoms with Crippen molar-refractivity contribution in [2.45, 2.75) is 38.8 Å². The summed E-state index contributed by atoms with van der Waals surface area (Å²) in [6.45, 7) is 4.64. The van der Waals surface area contributed by atoms with Gasteiger partial charge in [-0.15, -0.1) is 0 Å². The average molecular weight is 272 g/mol. The first-order chi connectivity index (χ1) is 9.66. The number of nitrogens with zero attached hydrogens (tertiary/aromatic N) is 1. The van der Waals surface area contributed by atoms with Gasteiger partial charge in [-0.1, -0.05) is 29.4 Å². The van der Waals surface area contributed by atoms with Gasteiger partial charge in [-0.25, -0.2) is 0 Å². The van der Waals surface area contributed by atoms with Gasteiger partial charge in [0.15, 0.2) is 0 Å². The zero-order valence-electron chi connectivity index (χ0n) is 11.9. The summed E-state index contributed by atoms with van der Waals surface area (Å²) in [4.78, 5) is 0. The summed E-state index contributed by atoms with van der Waals surface area (Å²) in [5, 5.41) is 17.4. The number of aliphatic hydroxyl groups is 1. The van der Waals surface area contributed by atoms with E-state index in [9.17, 15) is 5.11 Å². The third-order valence-electron chi connectivity index (χ3n) is 4.41. The first-order valence-electron chi connectivity index (χ1n) is 7.02. The molecule has 1 aromatic heterocycles. The van der Waals surface area contributed by atoms with Gasteiger partial charge in [0.2, 0.25) is 0 Å². The van der Waals surface area contributed by atoms with E-state index in [2.05, 4.69) is 28.7 Å². The SMILES string of the molecule is Cc1noc(C)c1CNC1(CO)CCc2ccccc21. The molecule has 4 heteroatoms. The monoisotopic (exact) mass is 272 g/mol. The standard InChI is InChI=1S/C16H20N2O2/c1-11-14(12(2)20-18-11)9-17-16(10-19)8-7-13-5-3-4-6-15(13)16/h3-6,17,19H,7-10H2,1-2H3. The van der Waals surface area contributed by atoms with Gasteiger partial charge < -0.3 is 14.9 Å². The number of hydrogen-bond acceptors (Lipinski definition) is 4. The molecule has 20 heavy (non-hydrogen) atoms. The fourth-order valence-electron chi connectivity index (χ4n) is 3.10. The Morgan fingerprint density at radius 2 is 2.15 bits per heavy atom. The topological polar surface area (TPSA) is 58.3 Å². The second-order valence-electron chi connectivity index (χ2n) is 5.55. The Balaban J connectivity index is 1.85. The van der Waals surface area contributed by atoms with Crippen molar-refractivity contribution in [2.24, 2.45) is 0 Å². The minimum Gasteiger partial charge on any atom is -0.394 e. The second-order valence-corrected chi connectivity index (χ2v) is 5.55. The van der Waals surface area contributed by atoms with Gasteiger partial charge >= 0.3 is 0 Å². The lowest BCUT2D eigenvalue weighted by Gasteiger charge is -2.30. The van der Waals surface area contributed by atoms with Crippen molar-refractivity contribution >= 4 is 0 Å². The Bertz CT molecular complexity index is 601. The van der Waals surface area contributed by atoms with E-state index in [4.69, 9.17) is 4.52 Å². The van der Waals surface area contributed by atoms with Crippen LogP contribution in [-0.2, 0) is 18.5 Å². The molecule has 1 aliphatic rings.